The molecule has 332 valence electrons. The highest BCUT2D eigenvalue weighted by atomic mass is 19.2. The highest BCUT2D eigenvalue weighted by Crippen LogP contribution is 2.63. The Kier molecular flexibility index (Phi) is 14.2. The maximum atomic E-state index is 15.1. The first-order chi connectivity index (χ1) is 29.7. The van der Waals surface area contributed by atoms with E-state index < -0.39 is 34.1 Å². The van der Waals surface area contributed by atoms with Crippen LogP contribution in [0.4, 0.5) is 17.6 Å². The average molecular weight is 839 g/mol. The summed E-state index contributed by atoms with van der Waals surface area (Å²) in [5.74, 6) is -0.260. The van der Waals surface area contributed by atoms with Crippen LogP contribution in [0.1, 0.15) is 166 Å². The smallest absolute Gasteiger partial charge is 0.159 e. The average Bonchev–Trinajstić information content (AvgIpc) is 3.30. The van der Waals surface area contributed by atoms with Crippen LogP contribution in [0, 0.1) is 69.6 Å². The monoisotopic (exact) mass is 839 g/mol. The van der Waals surface area contributed by atoms with E-state index in [9.17, 15) is 8.78 Å². The van der Waals surface area contributed by atoms with Gasteiger partial charge >= 0.3 is 0 Å². The summed E-state index contributed by atoms with van der Waals surface area (Å²) in [6, 6.07) is 9.32. The lowest BCUT2D eigenvalue weighted by Gasteiger charge is -2.57. The predicted molar refractivity (Wildman–Crippen MR) is 242 cm³/mol. The third-order valence-corrected chi connectivity index (χ3v) is 17.6. The quantitative estimate of drug-likeness (QED) is 0.136. The normalized spacial score (nSPS) is 33.5. The maximum absolute atomic E-state index is 15.1. The molecule has 0 spiro atoms. The first-order valence-electron chi connectivity index (χ1n) is 24.9. The van der Waals surface area contributed by atoms with Gasteiger partial charge in [0.1, 0.15) is 0 Å². The Bertz CT molecular complexity index is 1710. The number of benzene rings is 2. The van der Waals surface area contributed by atoms with Crippen molar-refractivity contribution in [3.63, 3.8) is 0 Å². The molecule has 0 saturated heterocycles. The molecule has 1 nitrogen and oxygen atoms in total. The molecule has 0 unspecified atom stereocenters. The first kappa shape index (κ1) is 44.7. The number of ether oxygens (including phenoxy) is 1. The second-order valence-corrected chi connectivity index (χ2v) is 20.7. The van der Waals surface area contributed by atoms with Crippen LogP contribution in [-0.4, -0.2) is 13.2 Å². The molecule has 2 aromatic rings. The Morgan fingerprint density at radius 3 is 1.16 bits per heavy atom. The van der Waals surface area contributed by atoms with Gasteiger partial charge in [-0.1, -0.05) is 164 Å². The molecule has 0 aliphatic heterocycles. The van der Waals surface area contributed by atoms with Gasteiger partial charge in [0.15, 0.2) is 23.3 Å². The van der Waals surface area contributed by atoms with Gasteiger partial charge in [-0.15, -0.1) is 0 Å². The molecule has 4 fully saturated rings. The molecule has 6 aliphatic rings. The van der Waals surface area contributed by atoms with Crippen molar-refractivity contribution in [1.29, 1.82) is 0 Å². The highest BCUT2D eigenvalue weighted by molar-refractivity contribution is 5.46. The minimum absolute atomic E-state index is 0.0340. The van der Waals surface area contributed by atoms with E-state index in [0.29, 0.717) is 25.0 Å². The van der Waals surface area contributed by atoms with Gasteiger partial charge in [0, 0.05) is 22.7 Å². The van der Waals surface area contributed by atoms with Crippen LogP contribution in [0.5, 0.6) is 0 Å². The fourth-order valence-electron chi connectivity index (χ4n) is 14.5. The van der Waals surface area contributed by atoms with Crippen molar-refractivity contribution in [3.8, 4) is 0 Å². The summed E-state index contributed by atoms with van der Waals surface area (Å²) in [4.78, 5) is 0. The number of hydrogen-bond donors (Lipinski definition) is 0. The molecular weight excluding hydrogens is 765 g/mol. The van der Waals surface area contributed by atoms with Crippen LogP contribution >= 0.6 is 0 Å². The van der Waals surface area contributed by atoms with E-state index in [4.69, 9.17) is 4.74 Å². The van der Waals surface area contributed by atoms with Crippen LogP contribution in [0.3, 0.4) is 0 Å². The lowest BCUT2D eigenvalue weighted by atomic mass is 9.46. The van der Waals surface area contributed by atoms with Gasteiger partial charge in [-0.05, 0) is 121 Å². The van der Waals surface area contributed by atoms with Crippen molar-refractivity contribution in [1.82, 2.24) is 0 Å². The number of halogens is 4. The molecule has 0 heterocycles. The summed E-state index contributed by atoms with van der Waals surface area (Å²) < 4.78 is 65.8. The molecule has 5 heteroatoms. The molecule has 8 rings (SSSR count). The van der Waals surface area contributed by atoms with Crippen molar-refractivity contribution < 1.29 is 22.3 Å². The van der Waals surface area contributed by atoms with Crippen LogP contribution in [-0.2, 0) is 15.6 Å². The predicted octanol–water partition coefficient (Wildman–Crippen LogP) is 16.0. The zero-order valence-electron chi connectivity index (χ0n) is 37.4. The number of hydrogen-bond acceptors (Lipinski definition) is 1. The molecule has 0 amide bonds. The Morgan fingerprint density at radius 1 is 0.475 bits per heavy atom. The molecule has 0 N–H and O–H groups in total. The van der Waals surface area contributed by atoms with E-state index in [2.05, 4.69) is 62.5 Å². The highest BCUT2D eigenvalue weighted by Gasteiger charge is 2.56. The van der Waals surface area contributed by atoms with Gasteiger partial charge in [0.2, 0.25) is 0 Å². The van der Waals surface area contributed by atoms with Crippen molar-refractivity contribution in [2.45, 2.75) is 166 Å². The van der Waals surface area contributed by atoms with Gasteiger partial charge in [0.25, 0.3) is 0 Å². The van der Waals surface area contributed by atoms with Crippen molar-refractivity contribution >= 4 is 0 Å². The van der Waals surface area contributed by atoms with Crippen molar-refractivity contribution in [3.05, 3.63) is 119 Å². The van der Waals surface area contributed by atoms with E-state index in [1.165, 1.54) is 140 Å². The molecule has 2 aromatic carbocycles. The van der Waals surface area contributed by atoms with Gasteiger partial charge in [-0.3, -0.25) is 0 Å². The fourth-order valence-corrected chi connectivity index (χ4v) is 14.5. The zero-order chi connectivity index (χ0) is 42.5. The van der Waals surface area contributed by atoms with Gasteiger partial charge in [-0.2, -0.15) is 0 Å². The van der Waals surface area contributed by atoms with Gasteiger partial charge in [-0.25, -0.2) is 17.6 Å². The molecule has 4 saturated carbocycles. The van der Waals surface area contributed by atoms with E-state index >= 15 is 8.78 Å². The topological polar surface area (TPSA) is 9.23 Å². The summed E-state index contributed by atoms with van der Waals surface area (Å²) in [5, 5.41) is 0. The van der Waals surface area contributed by atoms with E-state index in [1.54, 1.807) is 0 Å². The summed E-state index contributed by atoms with van der Waals surface area (Å²) in [6.07, 6.45) is 45.3. The molecular formula is C56H74F4O. The molecule has 0 aromatic heterocycles. The van der Waals surface area contributed by atoms with Crippen LogP contribution in [0.15, 0.2) is 85.0 Å². The minimum atomic E-state index is -0.789. The lowest BCUT2D eigenvalue weighted by molar-refractivity contribution is 0.0101. The number of rotatable bonds is 14. The Labute approximate surface area is 366 Å². The Hall–Kier alpha value is -2.92. The first-order valence-corrected chi connectivity index (χ1v) is 24.9. The summed E-state index contributed by atoms with van der Waals surface area (Å²) in [5.41, 5.74) is 0.693. The van der Waals surface area contributed by atoms with E-state index in [0.717, 1.165) is 48.6 Å². The molecule has 0 radical (unpaired) electrons. The standard InChI is InChI=1S/C56H74F4O/c1-3-11-41-13-17-45(18-14-41)53(29-7-5-8-30-53)55(47-21-23-49(57)51(59)37-47)33-25-43(26-34-55)39-61-40-44-27-35-56(36-28-44,48-22-24-50(58)52(60)38-48)54(31-9-6-10-32-54)46-19-15-42(12-4-2)16-20-46/h21-28,33-38,41-46H,3-20,29-32,39-40H2,1-2H3. The number of allylic oxidation sites excluding steroid dienone is 4. The zero-order valence-corrected chi connectivity index (χ0v) is 37.4. The van der Waals surface area contributed by atoms with Crippen LogP contribution in [0.25, 0.3) is 0 Å². The molecule has 0 bridgehead atoms. The van der Waals surface area contributed by atoms with E-state index in [1.807, 2.05) is 12.1 Å². The summed E-state index contributed by atoms with van der Waals surface area (Å²) in [7, 11) is 0. The molecule has 61 heavy (non-hydrogen) atoms. The second-order valence-electron chi connectivity index (χ2n) is 20.7. The second kappa shape index (κ2) is 19.4. The third kappa shape index (κ3) is 8.70. The fraction of sp³-hybridized carbons (Fsp3) is 0.643. The van der Waals surface area contributed by atoms with E-state index in [-0.39, 0.29) is 22.7 Å². The summed E-state index contributed by atoms with van der Waals surface area (Å²) >= 11 is 0. The van der Waals surface area contributed by atoms with Gasteiger partial charge < -0.3 is 4.74 Å². The van der Waals surface area contributed by atoms with Crippen molar-refractivity contribution in [2.24, 2.45) is 46.3 Å². The largest absolute Gasteiger partial charge is 0.380 e. The molecule has 0 atom stereocenters. The third-order valence-electron chi connectivity index (χ3n) is 17.6. The summed E-state index contributed by atoms with van der Waals surface area (Å²) in [6.45, 7) is 5.66. The van der Waals surface area contributed by atoms with Crippen LogP contribution in [0.2, 0.25) is 0 Å². The molecule has 6 aliphatic carbocycles. The van der Waals surface area contributed by atoms with Gasteiger partial charge in [0.05, 0.1) is 13.2 Å². The minimum Gasteiger partial charge on any atom is -0.380 e. The Balaban J connectivity index is 1.01. The van der Waals surface area contributed by atoms with Crippen LogP contribution < -0.4 is 0 Å². The SMILES string of the molecule is CCCC1CCC(C2(C3(c4ccc(F)c(F)c4)C=CC(COCC4C=CC(c5ccc(F)c(F)c5)(C5(C6CCC(CCC)CC6)CCCCC5)C=C4)C=C3)CCCCC2)CC1. The lowest BCUT2D eigenvalue weighted by Crippen LogP contribution is -2.51. The Morgan fingerprint density at radius 2 is 0.836 bits per heavy atom. The van der Waals surface area contributed by atoms with Crippen molar-refractivity contribution in [2.75, 3.05) is 13.2 Å². The maximum Gasteiger partial charge on any atom is 0.159 e.